The highest BCUT2D eigenvalue weighted by molar-refractivity contribution is 5.80. The normalized spacial score (nSPS) is 9.07. The van der Waals surface area contributed by atoms with E-state index in [9.17, 15) is 9.90 Å². The molecule has 0 spiro atoms. The Morgan fingerprint density at radius 3 is 2.93 bits per heavy atom. The summed E-state index contributed by atoms with van der Waals surface area (Å²) >= 11 is 0. The van der Waals surface area contributed by atoms with Crippen LogP contribution in [0.4, 0.5) is 5.69 Å². The molecule has 0 unspecified atom stereocenters. The number of aldehydes is 1. The number of hydrogen-bond donors (Lipinski definition) is 2. The van der Waals surface area contributed by atoms with Crippen LogP contribution in [-0.4, -0.2) is 17.9 Å². The molecule has 0 aromatic heterocycles. The molecule has 4 nitrogen and oxygen atoms in total. The summed E-state index contributed by atoms with van der Waals surface area (Å²) in [6, 6.07) is 6.66. The molecule has 0 amide bonds. The van der Waals surface area contributed by atoms with Gasteiger partial charge in [-0.05, 0) is 12.1 Å². The summed E-state index contributed by atoms with van der Waals surface area (Å²) in [7, 11) is 0. The second-order valence-electron chi connectivity index (χ2n) is 2.73. The van der Waals surface area contributed by atoms with Crippen molar-refractivity contribution in [2.24, 2.45) is 0 Å². The summed E-state index contributed by atoms with van der Waals surface area (Å²) in [4.78, 5) is 10.4. The topological polar surface area (TPSA) is 73.1 Å². The molecule has 0 saturated carbocycles. The highest BCUT2D eigenvalue weighted by atomic mass is 16.3. The van der Waals surface area contributed by atoms with Crippen molar-refractivity contribution in [2.45, 2.75) is 6.42 Å². The van der Waals surface area contributed by atoms with Crippen LogP contribution < -0.4 is 5.32 Å². The Hall–Kier alpha value is -2.02. The number of aromatic hydroxyl groups is 1. The second kappa shape index (κ2) is 4.87. The molecule has 0 heterocycles. The van der Waals surface area contributed by atoms with Crippen LogP contribution in [0.3, 0.4) is 0 Å². The first-order valence-electron chi connectivity index (χ1n) is 4.17. The molecule has 4 heteroatoms. The van der Waals surface area contributed by atoms with Crippen molar-refractivity contribution in [3.63, 3.8) is 0 Å². The number of rotatable bonds is 4. The van der Waals surface area contributed by atoms with Crippen LogP contribution in [0.25, 0.3) is 0 Å². The Morgan fingerprint density at radius 2 is 2.36 bits per heavy atom. The largest absolute Gasteiger partial charge is 0.507 e. The zero-order valence-corrected chi connectivity index (χ0v) is 7.53. The number of anilines is 1. The molecule has 0 fully saturated rings. The molecular weight excluding hydrogens is 180 g/mol. The van der Waals surface area contributed by atoms with Crippen LogP contribution >= 0.6 is 0 Å². The molecule has 0 aliphatic carbocycles. The molecule has 1 aromatic rings. The minimum absolute atomic E-state index is 0.0537. The first kappa shape index (κ1) is 10.1. The third-order valence-corrected chi connectivity index (χ3v) is 1.72. The molecule has 0 radical (unpaired) electrons. The van der Waals surface area contributed by atoms with Crippen LogP contribution in [0.2, 0.25) is 0 Å². The van der Waals surface area contributed by atoms with Gasteiger partial charge in [0.15, 0.2) is 6.29 Å². The third-order valence-electron chi connectivity index (χ3n) is 1.72. The fourth-order valence-corrected chi connectivity index (χ4v) is 1.02. The molecule has 0 bridgehead atoms. The average Bonchev–Trinajstić information content (AvgIpc) is 2.18. The number of phenolic OH excluding ortho intramolecular Hbond substituents is 1. The highest BCUT2D eigenvalue weighted by Crippen LogP contribution is 2.20. The van der Waals surface area contributed by atoms with Gasteiger partial charge < -0.3 is 10.4 Å². The number of nitrogens with one attached hydrogen (secondary N) is 1. The fourth-order valence-electron chi connectivity index (χ4n) is 1.02. The molecule has 1 aromatic carbocycles. The molecule has 1 rings (SSSR count). The van der Waals surface area contributed by atoms with E-state index in [-0.39, 0.29) is 11.3 Å². The molecule has 0 atom stereocenters. The lowest BCUT2D eigenvalue weighted by atomic mass is 10.2. The van der Waals surface area contributed by atoms with Crippen LogP contribution in [-0.2, 0) is 0 Å². The van der Waals surface area contributed by atoms with Gasteiger partial charge in [0.2, 0.25) is 0 Å². The molecule has 72 valence electrons. The van der Waals surface area contributed by atoms with Gasteiger partial charge in [0.25, 0.3) is 0 Å². The van der Waals surface area contributed by atoms with Gasteiger partial charge in [-0.3, -0.25) is 4.79 Å². The molecular formula is C10H10N2O2. The minimum atomic E-state index is -0.0537. The zero-order valence-electron chi connectivity index (χ0n) is 7.53. The number of nitriles is 1. The van der Waals surface area contributed by atoms with E-state index in [0.29, 0.717) is 24.9 Å². The van der Waals surface area contributed by atoms with Crippen molar-refractivity contribution < 1.29 is 9.90 Å². The molecule has 2 N–H and O–H groups in total. The van der Waals surface area contributed by atoms with Crippen molar-refractivity contribution in [2.75, 3.05) is 11.9 Å². The Bertz CT molecular complexity index is 369. The quantitative estimate of drug-likeness (QED) is 0.557. The molecule has 0 aliphatic rings. The van der Waals surface area contributed by atoms with Crippen LogP contribution in [0.15, 0.2) is 18.2 Å². The van der Waals surface area contributed by atoms with Gasteiger partial charge in [-0.25, -0.2) is 0 Å². The van der Waals surface area contributed by atoms with Crippen molar-refractivity contribution in [1.29, 1.82) is 5.26 Å². The summed E-state index contributed by atoms with van der Waals surface area (Å²) < 4.78 is 0. The average molecular weight is 190 g/mol. The summed E-state index contributed by atoms with van der Waals surface area (Å²) in [6.45, 7) is 0.524. The summed E-state index contributed by atoms with van der Waals surface area (Å²) in [5.74, 6) is -0.0537. The van der Waals surface area contributed by atoms with E-state index < -0.39 is 0 Å². The summed E-state index contributed by atoms with van der Waals surface area (Å²) in [5, 5.41) is 20.5. The number of phenols is 1. The third kappa shape index (κ3) is 2.49. The van der Waals surface area contributed by atoms with E-state index in [0.717, 1.165) is 0 Å². The van der Waals surface area contributed by atoms with Crippen LogP contribution in [0, 0.1) is 11.3 Å². The highest BCUT2D eigenvalue weighted by Gasteiger charge is 2.00. The van der Waals surface area contributed by atoms with E-state index in [1.165, 1.54) is 12.1 Å². The van der Waals surface area contributed by atoms with Gasteiger partial charge in [-0.2, -0.15) is 5.26 Å². The standard InChI is InChI=1S/C10H10N2O2/c11-4-1-5-12-9-3-2-8(7-13)10(14)6-9/h2-3,6-7,12,14H,1,5H2. The molecule has 0 saturated heterocycles. The summed E-state index contributed by atoms with van der Waals surface area (Å²) in [6.07, 6.45) is 0.991. The number of carbonyl (C=O) groups is 1. The predicted octanol–water partition coefficient (Wildman–Crippen LogP) is 1.53. The maximum atomic E-state index is 10.4. The number of benzene rings is 1. The lowest BCUT2D eigenvalue weighted by Crippen LogP contribution is -2.00. The van der Waals surface area contributed by atoms with Gasteiger partial charge in [-0.15, -0.1) is 0 Å². The van der Waals surface area contributed by atoms with Gasteiger partial charge in [-0.1, -0.05) is 0 Å². The molecule has 14 heavy (non-hydrogen) atoms. The van der Waals surface area contributed by atoms with E-state index in [2.05, 4.69) is 5.32 Å². The van der Waals surface area contributed by atoms with Crippen molar-refractivity contribution in [1.82, 2.24) is 0 Å². The second-order valence-corrected chi connectivity index (χ2v) is 2.73. The lowest BCUT2D eigenvalue weighted by Gasteiger charge is -2.04. The lowest BCUT2D eigenvalue weighted by molar-refractivity contribution is 0.112. The number of hydrogen-bond acceptors (Lipinski definition) is 4. The monoisotopic (exact) mass is 190 g/mol. The van der Waals surface area contributed by atoms with Crippen molar-refractivity contribution in [3.8, 4) is 11.8 Å². The van der Waals surface area contributed by atoms with Crippen LogP contribution in [0.5, 0.6) is 5.75 Å². The number of nitrogens with zero attached hydrogens (tertiary/aromatic N) is 1. The first-order chi connectivity index (χ1) is 6.77. The SMILES string of the molecule is N#CCCNc1ccc(C=O)c(O)c1. The van der Waals surface area contributed by atoms with E-state index >= 15 is 0 Å². The Labute approximate surface area is 81.8 Å². The number of carbonyl (C=O) groups excluding carboxylic acids is 1. The van der Waals surface area contributed by atoms with Gasteiger partial charge >= 0.3 is 0 Å². The summed E-state index contributed by atoms with van der Waals surface area (Å²) in [5.41, 5.74) is 0.958. The first-order valence-corrected chi connectivity index (χ1v) is 4.17. The van der Waals surface area contributed by atoms with Gasteiger partial charge in [0, 0.05) is 18.3 Å². The maximum absolute atomic E-state index is 10.4. The zero-order chi connectivity index (χ0) is 10.4. The van der Waals surface area contributed by atoms with E-state index in [1.54, 1.807) is 6.07 Å². The Kier molecular flexibility index (Phi) is 3.50. The predicted molar refractivity (Wildman–Crippen MR) is 52.2 cm³/mol. The maximum Gasteiger partial charge on any atom is 0.153 e. The van der Waals surface area contributed by atoms with E-state index in [4.69, 9.17) is 5.26 Å². The molecule has 0 aliphatic heterocycles. The van der Waals surface area contributed by atoms with E-state index in [1.807, 2.05) is 6.07 Å². The van der Waals surface area contributed by atoms with Gasteiger partial charge in [0.1, 0.15) is 5.75 Å². The van der Waals surface area contributed by atoms with Crippen molar-refractivity contribution in [3.05, 3.63) is 23.8 Å². The van der Waals surface area contributed by atoms with Crippen molar-refractivity contribution >= 4 is 12.0 Å². The van der Waals surface area contributed by atoms with Crippen LogP contribution in [0.1, 0.15) is 16.8 Å². The Morgan fingerprint density at radius 1 is 1.57 bits per heavy atom. The Balaban J connectivity index is 2.67. The smallest absolute Gasteiger partial charge is 0.153 e. The minimum Gasteiger partial charge on any atom is -0.507 e. The van der Waals surface area contributed by atoms with Gasteiger partial charge in [0.05, 0.1) is 18.1 Å². The fraction of sp³-hybridized carbons (Fsp3) is 0.200.